The molecule has 2 aliphatic rings. The lowest BCUT2D eigenvalue weighted by atomic mass is 9.87. The normalized spacial score (nSPS) is 19.2. The number of fused-ring (bicyclic) bond motifs is 1. The Labute approximate surface area is 230 Å². The average molecular weight is 556 g/mol. The van der Waals surface area contributed by atoms with E-state index in [0.29, 0.717) is 60.7 Å². The molecule has 0 spiro atoms. The van der Waals surface area contributed by atoms with Gasteiger partial charge >= 0.3 is 0 Å². The van der Waals surface area contributed by atoms with Crippen LogP contribution in [0.4, 0.5) is 15.9 Å². The molecule has 2 unspecified atom stereocenters. The Bertz CT molecular complexity index is 1450. The Morgan fingerprint density at radius 2 is 1.79 bits per heavy atom. The van der Waals surface area contributed by atoms with Crippen molar-refractivity contribution < 1.29 is 9.18 Å². The molecular formula is C28H28Cl2FN5O2. The summed E-state index contributed by atoms with van der Waals surface area (Å²) in [6.07, 6.45) is 2.34. The second-order valence-corrected chi connectivity index (χ2v) is 10.3. The predicted molar refractivity (Wildman–Crippen MR) is 150 cm³/mol. The topological polar surface area (TPSA) is 62.8 Å². The molecule has 3 heterocycles. The highest BCUT2D eigenvalue weighted by Crippen LogP contribution is 2.39. The van der Waals surface area contributed by atoms with Crippen LogP contribution in [0.5, 0.6) is 0 Å². The van der Waals surface area contributed by atoms with Crippen LogP contribution in [0.2, 0.25) is 10.0 Å². The Kier molecular flexibility index (Phi) is 7.45. The van der Waals surface area contributed by atoms with E-state index in [-0.39, 0.29) is 17.3 Å². The van der Waals surface area contributed by atoms with Crippen LogP contribution in [-0.2, 0) is 11.3 Å². The van der Waals surface area contributed by atoms with Crippen LogP contribution in [0.1, 0.15) is 24.9 Å². The monoisotopic (exact) mass is 555 g/mol. The molecule has 1 saturated heterocycles. The minimum atomic E-state index is -0.640. The van der Waals surface area contributed by atoms with Crippen molar-refractivity contribution in [2.45, 2.75) is 25.9 Å². The first-order chi connectivity index (χ1) is 18.3. The molecule has 0 saturated carbocycles. The molecule has 10 heteroatoms. The SMILES string of the molecule is C=CCCn1c(=O)cc2n1C(c1ccc(Cl)c(Cl)c1)C(C(=O)N1CCN(c3ccc(F)cc3)CC1)C(C)=N2. The van der Waals surface area contributed by atoms with Crippen LogP contribution in [0, 0.1) is 11.7 Å². The molecule has 0 N–H and O–H groups in total. The fraction of sp³-hybridized carbons (Fsp3) is 0.321. The summed E-state index contributed by atoms with van der Waals surface area (Å²) in [5.74, 6) is -0.487. The van der Waals surface area contributed by atoms with Crippen LogP contribution in [0.15, 0.2) is 71.0 Å². The van der Waals surface area contributed by atoms with Crippen molar-refractivity contribution >= 4 is 46.3 Å². The Morgan fingerprint density at radius 1 is 1.08 bits per heavy atom. The van der Waals surface area contributed by atoms with Gasteiger partial charge in [0.25, 0.3) is 5.56 Å². The summed E-state index contributed by atoms with van der Waals surface area (Å²) in [4.78, 5) is 35.8. The first-order valence-corrected chi connectivity index (χ1v) is 13.3. The largest absolute Gasteiger partial charge is 0.368 e. The molecule has 0 bridgehead atoms. The number of carbonyl (C=O) groups is 1. The maximum atomic E-state index is 14.1. The lowest BCUT2D eigenvalue weighted by Crippen LogP contribution is -2.53. The number of halogens is 3. The van der Waals surface area contributed by atoms with E-state index in [1.165, 1.54) is 18.2 Å². The number of aromatic nitrogens is 2. The van der Waals surface area contributed by atoms with Gasteiger partial charge in [-0.3, -0.25) is 14.3 Å². The number of aliphatic imine (C=N–C) groups is 1. The van der Waals surface area contributed by atoms with E-state index >= 15 is 0 Å². The van der Waals surface area contributed by atoms with Gasteiger partial charge in [-0.1, -0.05) is 35.3 Å². The molecule has 2 atom stereocenters. The van der Waals surface area contributed by atoms with E-state index in [4.69, 9.17) is 28.2 Å². The van der Waals surface area contributed by atoms with E-state index in [1.807, 2.05) is 22.6 Å². The fourth-order valence-electron chi connectivity index (χ4n) is 5.29. The number of rotatable bonds is 6. The zero-order chi connectivity index (χ0) is 27.0. The number of carbonyl (C=O) groups excluding carboxylic acids is 1. The highest BCUT2D eigenvalue weighted by molar-refractivity contribution is 6.42. The van der Waals surface area contributed by atoms with Crippen molar-refractivity contribution in [1.29, 1.82) is 0 Å². The second kappa shape index (κ2) is 10.8. The Morgan fingerprint density at radius 3 is 2.45 bits per heavy atom. The van der Waals surface area contributed by atoms with Crippen molar-refractivity contribution in [3.05, 3.63) is 93.0 Å². The van der Waals surface area contributed by atoms with Gasteiger partial charge in [-0.15, -0.1) is 6.58 Å². The Hall–Kier alpha value is -3.36. The third-order valence-electron chi connectivity index (χ3n) is 7.20. The maximum Gasteiger partial charge on any atom is 0.268 e. The smallest absolute Gasteiger partial charge is 0.268 e. The van der Waals surface area contributed by atoms with E-state index in [1.54, 1.807) is 35.0 Å². The highest BCUT2D eigenvalue weighted by atomic mass is 35.5. The summed E-state index contributed by atoms with van der Waals surface area (Å²) in [6, 6.07) is 12.7. The minimum absolute atomic E-state index is 0.0665. The molecule has 1 fully saturated rings. The van der Waals surface area contributed by atoms with Crippen LogP contribution in [0.3, 0.4) is 0 Å². The van der Waals surface area contributed by atoms with E-state index in [9.17, 15) is 14.0 Å². The van der Waals surface area contributed by atoms with Crippen LogP contribution in [-0.4, -0.2) is 52.1 Å². The molecule has 7 nitrogen and oxygen atoms in total. The molecular weight excluding hydrogens is 528 g/mol. The number of hydrogen-bond donors (Lipinski definition) is 0. The van der Waals surface area contributed by atoms with Gasteiger partial charge in [-0.25, -0.2) is 14.1 Å². The van der Waals surface area contributed by atoms with Crippen molar-refractivity contribution in [3.63, 3.8) is 0 Å². The lowest BCUT2D eigenvalue weighted by Gasteiger charge is -2.40. The zero-order valence-electron chi connectivity index (χ0n) is 21.0. The maximum absolute atomic E-state index is 14.1. The summed E-state index contributed by atoms with van der Waals surface area (Å²) >= 11 is 12.6. The summed E-state index contributed by atoms with van der Waals surface area (Å²) < 4.78 is 16.8. The number of allylic oxidation sites excluding steroid dienone is 1. The summed E-state index contributed by atoms with van der Waals surface area (Å²) in [6.45, 7) is 8.28. The molecule has 3 aromatic rings. The number of benzene rings is 2. The summed E-state index contributed by atoms with van der Waals surface area (Å²) in [7, 11) is 0. The van der Waals surface area contributed by atoms with Crippen LogP contribution >= 0.6 is 23.2 Å². The number of nitrogens with zero attached hydrogens (tertiary/aromatic N) is 5. The highest BCUT2D eigenvalue weighted by Gasteiger charge is 2.42. The van der Waals surface area contributed by atoms with Crippen molar-refractivity contribution in [3.8, 4) is 0 Å². The standard InChI is InChI=1S/C28H28Cl2FN5O2/c1-3-4-11-35-25(37)17-24-32-18(2)26(27(36(24)35)19-5-10-22(29)23(30)16-19)28(38)34-14-12-33(13-15-34)21-8-6-20(31)7-9-21/h3,5-10,16-17,26-27H,1,4,11-15H2,2H3. The number of amides is 1. The van der Waals surface area contributed by atoms with Gasteiger partial charge in [0.1, 0.15) is 11.7 Å². The third kappa shape index (κ3) is 4.90. The summed E-state index contributed by atoms with van der Waals surface area (Å²) in [5.41, 5.74) is 2.13. The van der Waals surface area contributed by atoms with Crippen molar-refractivity contribution in [1.82, 2.24) is 14.3 Å². The van der Waals surface area contributed by atoms with E-state index in [0.717, 1.165) is 11.3 Å². The van der Waals surface area contributed by atoms with E-state index < -0.39 is 12.0 Å². The van der Waals surface area contributed by atoms with Gasteiger partial charge in [0.15, 0.2) is 5.82 Å². The quantitative estimate of drug-likeness (QED) is 0.386. The van der Waals surface area contributed by atoms with Gasteiger partial charge in [-0.2, -0.15) is 0 Å². The summed E-state index contributed by atoms with van der Waals surface area (Å²) in [5, 5.41) is 0.783. The second-order valence-electron chi connectivity index (χ2n) is 9.52. The molecule has 1 amide bonds. The van der Waals surface area contributed by atoms with Gasteiger partial charge in [-0.05, 0) is 55.3 Å². The minimum Gasteiger partial charge on any atom is -0.368 e. The number of piperazine rings is 1. The molecule has 2 aromatic carbocycles. The molecule has 38 heavy (non-hydrogen) atoms. The van der Waals surface area contributed by atoms with Gasteiger partial charge in [0, 0.05) is 50.2 Å². The molecule has 2 aliphatic heterocycles. The first-order valence-electron chi connectivity index (χ1n) is 12.5. The molecule has 1 aromatic heterocycles. The fourth-order valence-corrected chi connectivity index (χ4v) is 5.59. The predicted octanol–water partition coefficient (Wildman–Crippen LogP) is 5.33. The van der Waals surface area contributed by atoms with Crippen LogP contribution in [0.25, 0.3) is 0 Å². The van der Waals surface area contributed by atoms with Gasteiger partial charge in [0.05, 0.1) is 16.1 Å². The van der Waals surface area contributed by atoms with Crippen molar-refractivity contribution in [2.75, 3.05) is 31.1 Å². The number of anilines is 1. The zero-order valence-corrected chi connectivity index (χ0v) is 22.5. The van der Waals surface area contributed by atoms with Crippen LogP contribution < -0.4 is 10.5 Å². The molecule has 198 valence electrons. The first kappa shape index (κ1) is 26.3. The van der Waals surface area contributed by atoms with E-state index in [2.05, 4.69) is 11.5 Å². The number of hydrogen-bond acceptors (Lipinski definition) is 4. The van der Waals surface area contributed by atoms with Gasteiger partial charge < -0.3 is 9.80 Å². The molecule has 0 aliphatic carbocycles. The third-order valence-corrected chi connectivity index (χ3v) is 7.94. The van der Waals surface area contributed by atoms with Crippen molar-refractivity contribution in [2.24, 2.45) is 10.9 Å². The van der Waals surface area contributed by atoms with Gasteiger partial charge in [0.2, 0.25) is 5.91 Å². The molecule has 0 radical (unpaired) electrons. The lowest BCUT2D eigenvalue weighted by molar-refractivity contribution is -0.134. The average Bonchev–Trinajstić information content (AvgIpc) is 3.22. The molecule has 5 rings (SSSR count). The Balaban J connectivity index is 1.49.